The third-order valence-corrected chi connectivity index (χ3v) is 4.20. The summed E-state index contributed by atoms with van der Waals surface area (Å²) in [5.41, 5.74) is 5.80. The van der Waals surface area contributed by atoms with Crippen molar-refractivity contribution in [3.8, 4) is 0 Å². The lowest BCUT2D eigenvalue weighted by Gasteiger charge is -2.29. The van der Waals surface area contributed by atoms with Crippen LogP contribution in [-0.2, 0) is 4.79 Å². The van der Waals surface area contributed by atoms with Crippen molar-refractivity contribution in [2.24, 2.45) is 11.7 Å². The van der Waals surface area contributed by atoms with Gasteiger partial charge in [0.1, 0.15) is 0 Å². The van der Waals surface area contributed by atoms with E-state index in [-0.39, 0.29) is 17.9 Å². The molecule has 0 aromatic carbocycles. The number of nitrogens with zero attached hydrogens (tertiary/aromatic N) is 2. The number of likely N-dealkylation sites (N-methyl/N-ethyl adjacent to an activating group) is 2. The van der Waals surface area contributed by atoms with Crippen molar-refractivity contribution in [3.05, 3.63) is 12.2 Å². The summed E-state index contributed by atoms with van der Waals surface area (Å²) in [5.74, 6) is 0.226. The van der Waals surface area contributed by atoms with Crippen molar-refractivity contribution in [3.63, 3.8) is 0 Å². The number of rotatable bonds is 4. The molecule has 4 nitrogen and oxygen atoms in total. The second-order valence-electron chi connectivity index (χ2n) is 5.53. The minimum atomic E-state index is 0.00137. The first kappa shape index (κ1) is 13.6. The molecule has 0 bridgehead atoms. The first-order chi connectivity index (χ1) is 8.61. The number of hydrogen-bond donors (Lipinski definition) is 1. The molecule has 0 radical (unpaired) electrons. The van der Waals surface area contributed by atoms with Crippen molar-refractivity contribution in [2.75, 3.05) is 26.7 Å². The summed E-state index contributed by atoms with van der Waals surface area (Å²) in [6, 6.07) is 0.606. The van der Waals surface area contributed by atoms with Crippen LogP contribution in [0.1, 0.15) is 26.2 Å². The van der Waals surface area contributed by atoms with Crippen LogP contribution in [0.2, 0.25) is 0 Å². The molecule has 1 aliphatic heterocycles. The zero-order valence-electron chi connectivity index (χ0n) is 11.5. The van der Waals surface area contributed by atoms with Gasteiger partial charge in [-0.2, -0.15) is 0 Å². The third kappa shape index (κ3) is 2.93. The summed E-state index contributed by atoms with van der Waals surface area (Å²) in [6.45, 7) is 5.31. The Balaban J connectivity index is 1.85. The van der Waals surface area contributed by atoms with Gasteiger partial charge in [0.05, 0.1) is 5.92 Å². The van der Waals surface area contributed by atoms with Gasteiger partial charge in [-0.25, -0.2) is 0 Å². The van der Waals surface area contributed by atoms with Gasteiger partial charge in [0.25, 0.3) is 0 Å². The first-order valence-corrected chi connectivity index (χ1v) is 7.04. The molecule has 3 unspecified atom stereocenters. The van der Waals surface area contributed by atoms with E-state index < -0.39 is 0 Å². The highest BCUT2D eigenvalue weighted by Gasteiger charge is 2.29. The molecule has 2 aliphatic rings. The van der Waals surface area contributed by atoms with Crippen LogP contribution in [0.4, 0.5) is 0 Å². The van der Waals surface area contributed by atoms with E-state index in [1.54, 1.807) is 0 Å². The Morgan fingerprint density at radius 1 is 1.50 bits per heavy atom. The predicted molar refractivity (Wildman–Crippen MR) is 73.1 cm³/mol. The second kappa shape index (κ2) is 5.85. The lowest BCUT2D eigenvalue weighted by Crippen LogP contribution is -2.43. The summed E-state index contributed by atoms with van der Waals surface area (Å²) < 4.78 is 0. The second-order valence-corrected chi connectivity index (χ2v) is 5.53. The SMILES string of the molecule is CCN1CCCC1CN(C)C(=O)C1C=CC(N)C1. The summed E-state index contributed by atoms with van der Waals surface area (Å²) in [4.78, 5) is 16.6. The van der Waals surface area contributed by atoms with Gasteiger partial charge in [-0.1, -0.05) is 19.1 Å². The first-order valence-electron chi connectivity index (χ1n) is 7.04. The monoisotopic (exact) mass is 251 g/mol. The predicted octanol–water partition coefficient (Wildman–Crippen LogP) is 0.833. The van der Waals surface area contributed by atoms with Gasteiger partial charge in [-0.05, 0) is 32.4 Å². The smallest absolute Gasteiger partial charge is 0.229 e. The Morgan fingerprint density at radius 3 is 2.89 bits per heavy atom. The van der Waals surface area contributed by atoms with Crippen molar-refractivity contribution < 1.29 is 4.79 Å². The summed E-state index contributed by atoms with van der Waals surface area (Å²) >= 11 is 0. The van der Waals surface area contributed by atoms with E-state index in [4.69, 9.17) is 5.73 Å². The molecule has 1 saturated heterocycles. The minimum Gasteiger partial charge on any atom is -0.344 e. The fourth-order valence-electron chi connectivity index (χ4n) is 3.12. The molecule has 2 rings (SSSR count). The minimum absolute atomic E-state index is 0.00137. The van der Waals surface area contributed by atoms with Crippen molar-refractivity contribution in [1.29, 1.82) is 0 Å². The van der Waals surface area contributed by atoms with Gasteiger partial charge in [-0.15, -0.1) is 0 Å². The Kier molecular flexibility index (Phi) is 4.40. The maximum absolute atomic E-state index is 12.3. The van der Waals surface area contributed by atoms with Crippen LogP contribution in [0.15, 0.2) is 12.2 Å². The zero-order valence-corrected chi connectivity index (χ0v) is 11.5. The van der Waals surface area contributed by atoms with Crippen LogP contribution in [0.3, 0.4) is 0 Å². The number of carbonyl (C=O) groups is 1. The Labute approximate surface area is 110 Å². The molecular weight excluding hydrogens is 226 g/mol. The molecule has 102 valence electrons. The largest absolute Gasteiger partial charge is 0.344 e. The van der Waals surface area contributed by atoms with Gasteiger partial charge in [0.15, 0.2) is 0 Å². The molecule has 0 aromatic heterocycles. The summed E-state index contributed by atoms with van der Waals surface area (Å²) in [7, 11) is 1.92. The van der Waals surface area contributed by atoms with Gasteiger partial charge >= 0.3 is 0 Å². The number of amides is 1. The fraction of sp³-hybridized carbons (Fsp3) is 0.786. The fourth-order valence-corrected chi connectivity index (χ4v) is 3.12. The van der Waals surface area contributed by atoms with E-state index in [0.717, 1.165) is 19.5 Å². The highest BCUT2D eigenvalue weighted by molar-refractivity contribution is 5.81. The van der Waals surface area contributed by atoms with Crippen LogP contribution in [0.25, 0.3) is 0 Å². The average molecular weight is 251 g/mol. The molecule has 0 saturated carbocycles. The van der Waals surface area contributed by atoms with Crippen LogP contribution < -0.4 is 5.73 Å². The molecule has 18 heavy (non-hydrogen) atoms. The Morgan fingerprint density at radius 2 is 2.28 bits per heavy atom. The maximum atomic E-state index is 12.3. The molecule has 0 spiro atoms. The van der Waals surface area contributed by atoms with Gasteiger partial charge in [-0.3, -0.25) is 9.69 Å². The van der Waals surface area contributed by atoms with E-state index in [0.29, 0.717) is 6.04 Å². The van der Waals surface area contributed by atoms with Crippen molar-refractivity contribution >= 4 is 5.91 Å². The molecular formula is C14H25N3O. The topological polar surface area (TPSA) is 49.6 Å². The summed E-state index contributed by atoms with van der Waals surface area (Å²) in [5, 5.41) is 0. The maximum Gasteiger partial charge on any atom is 0.229 e. The van der Waals surface area contributed by atoms with Crippen LogP contribution in [0, 0.1) is 5.92 Å². The molecule has 2 N–H and O–H groups in total. The van der Waals surface area contributed by atoms with Crippen LogP contribution >= 0.6 is 0 Å². The van der Waals surface area contributed by atoms with E-state index in [1.807, 2.05) is 24.1 Å². The van der Waals surface area contributed by atoms with Crippen LogP contribution in [-0.4, -0.2) is 54.5 Å². The van der Waals surface area contributed by atoms with E-state index in [9.17, 15) is 4.79 Å². The molecule has 0 aromatic rings. The highest BCUT2D eigenvalue weighted by atomic mass is 16.2. The number of likely N-dealkylation sites (tertiary alicyclic amines) is 1. The Bertz CT molecular complexity index is 329. The van der Waals surface area contributed by atoms with Gasteiger partial charge in [0, 0.05) is 25.7 Å². The van der Waals surface area contributed by atoms with Crippen molar-refractivity contribution in [1.82, 2.24) is 9.80 Å². The molecule has 3 atom stereocenters. The lowest BCUT2D eigenvalue weighted by atomic mass is 10.1. The standard InChI is InChI=1S/C14H25N3O/c1-3-17-8-4-5-13(17)10-16(2)14(18)11-6-7-12(15)9-11/h6-7,11-13H,3-5,8-10,15H2,1-2H3. The number of carbonyl (C=O) groups excluding carboxylic acids is 1. The highest BCUT2D eigenvalue weighted by Crippen LogP contribution is 2.21. The van der Waals surface area contributed by atoms with E-state index >= 15 is 0 Å². The Hall–Kier alpha value is -0.870. The molecule has 4 heteroatoms. The lowest BCUT2D eigenvalue weighted by molar-refractivity contribution is -0.133. The normalized spacial score (nSPS) is 32.1. The van der Waals surface area contributed by atoms with Crippen molar-refractivity contribution in [2.45, 2.75) is 38.3 Å². The van der Waals surface area contributed by atoms with Gasteiger partial charge < -0.3 is 10.6 Å². The van der Waals surface area contributed by atoms with Gasteiger partial charge in [0.2, 0.25) is 5.91 Å². The third-order valence-electron chi connectivity index (χ3n) is 4.20. The van der Waals surface area contributed by atoms with Crippen LogP contribution in [0.5, 0.6) is 0 Å². The molecule has 1 amide bonds. The summed E-state index contributed by atoms with van der Waals surface area (Å²) in [6.07, 6.45) is 7.16. The number of nitrogens with two attached hydrogens (primary N) is 1. The number of hydrogen-bond acceptors (Lipinski definition) is 3. The average Bonchev–Trinajstić information content (AvgIpc) is 2.96. The van der Waals surface area contributed by atoms with E-state index in [1.165, 1.54) is 19.4 Å². The molecule has 1 fully saturated rings. The molecule has 1 aliphatic carbocycles. The molecule has 1 heterocycles. The zero-order chi connectivity index (χ0) is 13.1. The quantitative estimate of drug-likeness (QED) is 0.753. The van der Waals surface area contributed by atoms with E-state index in [2.05, 4.69) is 11.8 Å².